The number of rotatable bonds is 6. The lowest BCUT2D eigenvalue weighted by Crippen LogP contribution is -2.47. The lowest BCUT2D eigenvalue weighted by molar-refractivity contribution is -0.145. The van der Waals surface area contributed by atoms with Crippen LogP contribution in [-0.2, 0) is 19.0 Å². The van der Waals surface area contributed by atoms with Gasteiger partial charge in [0, 0.05) is 14.2 Å². The van der Waals surface area contributed by atoms with Crippen molar-refractivity contribution in [2.24, 2.45) is 0 Å². The fourth-order valence-corrected chi connectivity index (χ4v) is 1.22. The SMILES string of the molecule is COC(=O)C(C)NC(C)C(OC)OC. The van der Waals surface area contributed by atoms with Crippen LogP contribution in [0.4, 0.5) is 0 Å². The minimum absolute atomic E-state index is 0.0842. The molecule has 0 aliphatic heterocycles. The number of ether oxygens (including phenoxy) is 3. The summed E-state index contributed by atoms with van der Waals surface area (Å²) in [5, 5.41) is 3.01. The highest BCUT2D eigenvalue weighted by Crippen LogP contribution is 2.00. The summed E-state index contributed by atoms with van der Waals surface area (Å²) in [6.45, 7) is 3.60. The zero-order valence-electron chi connectivity index (χ0n) is 9.37. The average molecular weight is 205 g/mol. The standard InChI is InChI=1S/C9H19NO4/c1-6(8(11)12-3)10-7(2)9(13-4)14-5/h6-7,9-10H,1-5H3. The zero-order chi connectivity index (χ0) is 11.1. The topological polar surface area (TPSA) is 56.8 Å². The summed E-state index contributed by atoms with van der Waals surface area (Å²) in [7, 11) is 4.46. The maximum Gasteiger partial charge on any atom is 0.322 e. The average Bonchev–Trinajstić information content (AvgIpc) is 2.18. The molecule has 2 unspecified atom stereocenters. The molecule has 0 saturated heterocycles. The van der Waals surface area contributed by atoms with Crippen LogP contribution in [0.3, 0.4) is 0 Å². The van der Waals surface area contributed by atoms with Crippen molar-refractivity contribution in [1.82, 2.24) is 5.32 Å². The summed E-state index contributed by atoms with van der Waals surface area (Å²) in [5.41, 5.74) is 0. The molecule has 0 bridgehead atoms. The number of hydrogen-bond donors (Lipinski definition) is 1. The van der Waals surface area contributed by atoms with Gasteiger partial charge in [-0.3, -0.25) is 10.1 Å². The number of nitrogens with one attached hydrogen (secondary N) is 1. The van der Waals surface area contributed by atoms with Gasteiger partial charge in [-0.25, -0.2) is 0 Å². The molecule has 0 aliphatic carbocycles. The Morgan fingerprint density at radius 3 is 2.00 bits per heavy atom. The Hall–Kier alpha value is -0.650. The van der Waals surface area contributed by atoms with Gasteiger partial charge >= 0.3 is 5.97 Å². The van der Waals surface area contributed by atoms with Crippen molar-refractivity contribution in [3.05, 3.63) is 0 Å². The molecule has 0 fully saturated rings. The van der Waals surface area contributed by atoms with Crippen molar-refractivity contribution in [2.75, 3.05) is 21.3 Å². The van der Waals surface area contributed by atoms with E-state index in [0.29, 0.717) is 0 Å². The maximum absolute atomic E-state index is 11.1. The summed E-state index contributed by atoms with van der Waals surface area (Å²) in [5.74, 6) is -0.303. The molecule has 0 aromatic rings. The molecule has 0 amide bonds. The summed E-state index contributed by atoms with van der Waals surface area (Å²) in [6.07, 6.45) is -0.373. The molecule has 84 valence electrons. The second kappa shape index (κ2) is 6.75. The van der Waals surface area contributed by atoms with Crippen LogP contribution >= 0.6 is 0 Å². The maximum atomic E-state index is 11.1. The first-order valence-corrected chi connectivity index (χ1v) is 4.46. The monoisotopic (exact) mass is 205 g/mol. The van der Waals surface area contributed by atoms with Gasteiger partial charge in [-0.05, 0) is 13.8 Å². The van der Waals surface area contributed by atoms with Gasteiger partial charge in [0.25, 0.3) is 0 Å². The van der Waals surface area contributed by atoms with Gasteiger partial charge in [0.2, 0.25) is 0 Å². The van der Waals surface area contributed by atoms with Crippen LogP contribution < -0.4 is 5.32 Å². The molecule has 0 radical (unpaired) electrons. The van der Waals surface area contributed by atoms with E-state index in [1.54, 1.807) is 21.1 Å². The Labute approximate surface area is 84.7 Å². The fourth-order valence-electron chi connectivity index (χ4n) is 1.22. The number of carbonyl (C=O) groups excluding carboxylic acids is 1. The van der Waals surface area contributed by atoms with E-state index in [1.807, 2.05) is 6.92 Å². The van der Waals surface area contributed by atoms with Crippen LogP contribution in [0.1, 0.15) is 13.8 Å². The molecule has 0 spiro atoms. The highest BCUT2D eigenvalue weighted by Gasteiger charge is 2.21. The van der Waals surface area contributed by atoms with E-state index in [-0.39, 0.29) is 24.3 Å². The molecular formula is C9H19NO4. The van der Waals surface area contributed by atoms with E-state index in [4.69, 9.17) is 9.47 Å². The van der Waals surface area contributed by atoms with E-state index in [1.165, 1.54) is 7.11 Å². The van der Waals surface area contributed by atoms with Crippen LogP contribution in [0.15, 0.2) is 0 Å². The quantitative estimate of drug-likeness (QED) is 0.494. The van der Waals surface area contributed by atoms with Crippen molar-refractivity contribution in [1.29, 1.82) is 0 Å². The fraction of sp³-hybridized carbons (Fsp3) is 0.889. The van der Waals surface area contributed by atoms with E-state index >= 15 is 0 Å². The Kier molecular flexibility index (Phi) is 6.44. The third-order valence-electron chi connectivity index (χ3n) is 1.94. The van der Waals surface area contributed by atoms with Gasteiger partial charge in [0.05, 0.1) is 13.2 Å². The third-order valence-corrected chi connectivity index (χ3v) is 1.94. The summed E-state index contributed by atoms with van der Waals surface area (Å²) >= 11 is 0. The first-order chi connectivity index (χ1) is 6.56. The molecule has 2 atom stereocenters. The molecule has 1 N–H and O–H groups in total. The van der Waals surface area contributed by atoms with Crippen molar-refractivity contribution >= 4 is 5.97 Å². The van der Waals surface area contributed by atoms with Gasteiger partial charge in [-0.15, -0.1) is 0 Å². The first kappa shape index (κ1) is 13.4. The third kappa shape index (κ3) is 4.04. The van der Waals surface area contributed by atoms with Gasteiger partial charge in [-0.1, -0.05) is 0 Å². The number of esters is 1. The molecule has 0 saturated carbocycles. The van der Waals surface area contributed by atoms with Crippen LogP contribution in [-0.4, -0.2) is 45.7 Å². The number of methoxy groups -OCH3 is 3. The molecule has 0 aliphatic rings. The van der Waals surface area contributed by atoms with Crippen molar-refractivity contribution in [3.8, 4) is 0 Å². The molecule has 5 heteroatoms. The normalized spacial score (nSPS) is 15.3. The second-order valence-corrected chi connectivity index (χ2v) is 3.04. The van der Waals surface area contributed by atoms with Crippen LogP contribution in [0, 0.1) is 0 Å². The number of carbonyl (C=O) groups is 1. The molecule has 0 aromatic heterocycles. The predicted octanol–water partition coefficient (Wildman–Crippen LogP) is 0.145. The predicted molar refractivity (Wildman–Crippen MR) is 51.9 cm³/mol. The molecule has 0 rings (SSSR count). The molecule has 14 heavy (non-hydrogen) atoms. The Balaban J connectivity index is 4.03. The molecular weight excluding hydrogens is 186 g/mol. The van der Waals surface area contributed by atoms with Gasteiger partial charge in [0.1, 0.15) is 6.04 Å². The lowest BCUT2D eigenvalue weighted by atomic mass is 10.2. The van der Waals surface area contributed by atoms with E-state index in [0.717, 1.165) is 0 Å². The Bertz CT molecular complexity index is 170. The van der Waals surface area contributed by atoms with Crippen molar-refractivity contribution in [3.63, 3.8) is 0 Å². The van der Waals surface area contributed by atoms with E-state index in [2.05, 4.69) is 10.1 Å². The minimum atomic E-state index is -0.373. The first-order valence-electron chi connectivity index (χ1n) is 4.46. The second-order valence-electron chi connectivity index (χ2n) is 3.04. The molecule has 0 heterocycles. The van der Waals surface area contributed by atoms with Crippen molar-refractivity contribution < 1.29 is 19.0 Å². The Morgan fingerprint density at radius 2 is 1.64 bits per heavy atom. The lowest BCUT2D eigenvalue weighted by Gasteiger charge is -2.24. The largest absolute Gasteiger partial charge is 0.468 e. The molecule has 5 nitrogen and oxygen atoms in total. The van der Waals surface area contributed by atoms with Gasteiger partial charge in [0.15, 0.2) is 6.29 Å². The van der Waals surface area contributed by atoms with Crippen LogP contribution in [0.2, 0.25) is 0 Å². The van der Waals surface area contributed by atoms with E-state index in [9.17, 15) is 4.79 Å². The highest BCUT2D eigenvalue weighted by molar-refractivity contribution is 5.75. The van der Waals surface area contributed by atoms with Crippen LogP contribution in [0.25, 0.3) is 0 Å². The van der Waals surface area contributed by atoms with E-state index < -0.39 is 0 Å². The number of hydrogen-bond acceptors (Lipinski definition) is 5. The summed E-state index contributed by atoms with van der Waals surface area (Å²) in [4.78, 5) is 11.1. The molecule has 0 aromatic carbocycles. The summed E-state index contributed by atoms with van der Waals surface area (Å²) in [6, 6.07) is -0.457. The van der Waals surface area contributed by atoms with Crippen molar-refractivity contribution in [2.45, 2.75) is 32.2 Å². The van der Waals surface area contributed by atoms with Gasteiger partial charge in [-0.2, -0.15) is 0 Å². The summed E-state index contributed by atoms with van der Waals surface area (Å²) < 4.78 is 14.7. The van der Waals surface area contributed by atoms with Gasteiger partial charge < -0.3 is 14.2 Å². The zero-order valence-corrected chi connectivity index (χ0v) is 9.37. The highest BCUT2D eigenvalue weighted by atomic mass is 16.7. The minimum Gasteiger partial charge on any atom is -0.468 e. The smallest absolute Gasteiger partial charge is 0.322 e. The Morgan fingerprint density at radius 1 is 1.14 bits per heavy atom. The van der Waals surface area contributed by atoms with Crippen LogP contribution in [0.5, 0.6) is 0 Å².